The van der Waals surface area contributed by atoms with Crippen LogP contribution in [0.25, 0.3) is 0 Å². The second-order valence-electron chi connectivity index (χ2n) is 4.87. The van der Waals surface area contributed by atoms with Crippen LogP contribution in [0, 0.1) is 5.92 Å². The molecule has 8 heteroatoms. The Hall–Kier alpha value is -0.470. The van der Waals surface area contributed by atoms with Crippen LogP contribution in [-0.4, -0.2) is 37.1 Å². The van der Waals surface area contributed by atoms with Gasteiger partial charge in [-0.15, -0.1) is 24.0 Å². The molecule has 1 aromatic heterocycles. The first-order valence-corrected chi connectivity index (χ1v) is 7.38. The largest absolute Gasteiger partial charge is 0.367 e. The molecule has 0 radical (unpaired) electrons. The van der Waals surface area contributed by atoms with Crippen LogP contribution in [0.4, 0.5) is 5.82 Å². The van der Waals surface area contributed by atoms with Crippen LogP contribution >= 0.6 is 47.2 Å². The molecule has 5 nitrogen and oxygen atoms in total. The number of hydrogen-bond acceptors (Lipinski definition) is 3. The fourth-order valence-corrected chi connectivity index (χ4v) is 2.25. The van der Waals surface area contributed by atoms with Crippen molar-refractivity contribution in [3.63, 3.8) is 0 Å². The summed E-state index contributed by atoms with van der Waals surface area (Å²) in [4.78, 5) is 8.32. The zero-order valence-corrected chi connectivity index (χ0v) is 15.8. The zero-order chi connectivity index (χ0) is 14.5. The van der Waals surface area contributed by atoms with E-state index in [0.29, 0.717) is 28.4 Å². The van der Waals surface area contributed by atoms with Gasteiger partial charge in [-0.25, -0.2) is 4.98 Å². The van der Waals surface area contributed by atoms with E-state index < -0.39 is 0 Å². The molecule has 1 aromatic rings. The highest BCUT2D eigenvalue weighted by atomic mass is 127. The third-order valence-electron chi connectivity index (χ3n) is 3.17. The Labute approximate surface area is 152 Å². The van der Waals surface area contributed by atoms with E-state index >= 15 is 0 Å². The lowest BCUT2D eigenvalue weighted by atomic mass is 10.4. The number of pyridine rings is 1. The maximum Gasteiger partial charge on any atom is 0.191 e. The third kappa shape index (κ3) is 6.04. The summed E-state index contributed by atoms with van der Waals surface area (Å²) >= 11 is 11.8. The number of aromatic nitrogens is 1. The second kappa shape index (κ2) is 8.85. The van der Waals surface area contributed by atoms with Crippen molar-refractivity contribution in [1.82, 2.24) is 15.6 Å². The highest BCUT2D eigenvalue weighted by molar-refractivity contribution is 14.0. The summed E-state index contributed by atoms with van der Waals surface area (Å²) in [6, 6.07) is 2.22. The molecule has 21 heavy (non-hydrogen) atoms. The highest BCUT2D eigenvalue weighted by Gasteiger charge is 2.33. The number of anilines is 1. The minimum atomic E-state index is 0. The van der Waals surface area contributed by atoms with Crippen molar-refractivity contribution < 1.29 is 0 Å². The van der Waals surface area contributed by atoms with Gasteiger partial charge in [-0.3, -0.25) is 4.99 Å². The van der Waals surface area contributed by atoms with Gasteiger partial charge in [0.25, 0.3) is 0 Å². The van der Waals surface area contributed by atoms with E-state index in [9.17, 15) is 0 Å². The summed E-state index contributed by atoms with van der Waals surface area (Å²) in [6.45, 7) is 3.64. The van der Waals surface area contributed by atoms with Gasteiger partial charge in [0, 0.05) is 32.4 Å². The standard InChI is InChI=1S/C13H19Cl2N5.HI/c1-8-5-11(8)20-13(16-2)18-4-3-17-12-10(15)6-9(14)7-19-12;/h6-8,11H,3-5H2,1-2H3,(H,17,19)(H2,16,18,20);1H. The summed E-state index contributed by atoms with van der Waals surface area (Å²) < 4.78 is 0. The molecule has 2 unspecified atom stereocenters. The van der Waals surface area contributed by atoms with Gasteiger partial charge in [0.15, 0.2) is 5.96 Å². The van der Waals surface area contributed by atoms with E-state index in [1.807, 2.05) is 0 Å². The molecule has 2 atom stereocenters. The number of rotatable bonds is 5. The molecule has 0 amide bonds. The van der Waals surface area contributed by atoms with Gasteiger partial charge in [0.05, 0.1) is 10.0 Å². The molecule has 118 valence electrons. The van der Waals surface area contributed by atoms with E-state index in [0.717, 1.165) is 18.4 Å². The molecule has 1 aliphatic carbocycles. The fourth-order valence-electron chi connectivity index (χ4n) is 1.80. The summed E-state index contributed by atoms with van der Waals surface area (Å²) in [6.07, 6.45) is 2.78. The predicted molar refractivity (Wildman–Crippen MR) is 100 cm³/mol. The number of hydrogen-bond donors (Lipinski definition) is 3. The molecule has 0 spiro atoms. The first-order chi connectivity index (χ1) is 9.60. The van der Waals surface area contributed by atoms with Crippen LogP contribution in [0.2, 0.25) is 10.0 Å². The van der Waals surface area contributed by atoms with E-state index in [1.54, 1.807) is 19.3 Å². The van der Waals surface area contributed by atoms with Crippen molar-refractivity contribution in [2.45, 2.75) is 19.4 Å². The Morgan fingerprint density at radius 3 is 2.71 bits per heavy atom. The summed E-state index contributed by atoms with van der Waals surface area (Å²) in [5.74, 6) is 2.21. The first-order valence-electron chi connectivity index (χ1n) is 6.62. The molecule has 0 aliphatic heterocycles. The van der Waals surface area contributed by atoms with Crippen molar-refractivity contribution in [2.75, 3.05) is 25.5 Å². The van der Waals surface area contributed by atoms with Crippen molar-refractivity contribution >= 4 is 59.0 Å². The van der Waals surface area contributed by atoms with Crippen LogP contribution < -0.4 is 16.0 Å². The van der Waals surface area contributed by atoms with Crippen LogP contribution in [0.1, 0.15) is 13.3 Å². The zero-order valence-electron chi connectivity index (χ0n) is 12.0. The monoisotopic (exact) mass is 443 g/mol. The number of halogens is 3. The van der Waals surface area contributed by atoms with E-state index in [-0.39, 0.29) is 24.0 Å². The second-order valence-corrected chi connectivity index (χ2v) is 5.72. The number of aliphatic imine (C=N–C) groups is 1. The molecule has 1 heterocycles. The van der Waals surface area contributed by atoms with Gasteiger partial charge < -0.3 is 16.0 Å². The van der Waals surface area contributed by atoms with Gasteiger partial charge in [-0.1, -0.05) is 30.1 Å². The third-order valence-corrected chi connectivity index (χ3v) is 3.67. The van der Waals surface area contributed by atoms with Crippen LogP contribution in [0.3, 0.4) is 0 Å². The molecular formula is C13H20Cl2IN5. The molecule has 0 aromatic carbocycles. The molecule has 0 bridgehead atoms. The van der Waals surface area contributed by atoms with Gasteiger partial charge in [-0.2, -0.15) is 0 Å². The van der Waals surface area contributed by atoms with E-state index in [2.05, 4.69) is 32.9 Å². The lowest BCUT2D eigenvalue weighted by Gasteiger charge is -2.12. The van der Waals surface area contributed by atoms with Gasteiger partial charge >= 0.3 is 0 Å². The Kier molecular flexibility index (Phi) is 7.83. The average molecular weight is 444 g/mol. The van der Waals surface area contributed by atoms with E-state index in [1.165, 1.54) is 6.42 Å². The number of nitrogens with zero attached hydrogens (tertiary/aromatic N) is 2. The number of nitrogens with one attached hydrogen (secondary N) is 3. The Morgan fingerprint density at radius 1 is 1.43 bits per heavy atom. The lowest BCUT2D eigenvalue weighted by Crippen LogP contribution is -2.41. The molecule has 0 saturated heterocycles. The van der Waals surface area contributed by atoms with Crippen LogP contribution in [0.15, 0.2) is 17.3 Å². The topological polar surface area (TPSA) is 61.3 Å². The molecule has 1 fully saturated rings. The van der Waals surface area contributed by atoms with Crippen molar-refractivity contribution in [1.29, 1.82) is 0 Å². The smallest absolute Gasteiger partial charge is 0.191 e. The summed E-state index contributed by atoms with van der Waals surface area (Å²) in [7, 11) is 1.77. The quantitative estimate of drug-likeness (QED) is 0.283. The first kappa shape index (κ1) is 18.6. The summed E-state index contributed by atoms with van der Waals surface area (Å²) in [5, 5.41) is 10.8. The lowest BCUT2D eigenvalue weighted by molar-refractivity contribution is 0.766. The Balaban J connectivity index is 0.00000220. The van der Waals surface area contributed by atoms with Gasteiger partial charge in [0.1, 0.15) is 5.82 Å². The predicted octanol–water partition coefficient (Wildman–Crippen LogP) is 2.99. The molecule has 1 saturated carbocycles. The molecular weight excluding hydrogens is 424 g/mol. The van der Waals surface area contributed by atoms with Crippen molar-refractivity contribution in [3.8, 4) is 0 Å². The Bertz CT molecular complexity index is 497. The fraction of sp³-hybridized carbons (Fsp3) is 0.538. The minimum absolute atomic E-state index is 0. The SMILES string of the molecule is CN=C(NCCNc1ncc(Cl)cc1Cl)NC1CC1C.I. The normalized spacial score (nSPS) is 20.5. The van der Waals surface area contributed by atoms with Crippen LogP contribution in [-0.2, 0) is 0 Å². The molecule has 2 rings (SSSR count). The summed E-state index contributed by atoms with van der Waals surface area (Å²) in [5.41, 5.74) is 0. The Morgan fingerprint density at radius 2 is 2.14 bits per heavy atom. The highest BCUT2D eigenvalue weighted by Crippen LogP contribution is 2.28. The van der Waals surface area contributed by atoms with E-state index in [4.69, 9.17) is 23.2 Å². The number of guanidine groups is 1. The molecule has 3 N–H and O–H groups in total. The average Bonchev–Trinajstić information content (AvgIpc) is 3.10. The van der Waals surface area contributed by atoms with Gasteiger partial charge in [-0.05, 0) is 18.4 Å². The van der Waals surface area contributed by atoms with Gasteiger partial charge in [0.2, 0.25) is 0 Å². The minimum Gasteiger partial charge on any atom is -0.367 e. The van der Waals surface area contributed by atoms with Crippen molar-refractivity contribution in [3.05, 3.63) is 22.3 Å². The maximum atomic E-state index is 6.03. The van der Waals surface area contributed by atoms with Crippen molar-refractivity contribution in [2.24, 2.45) is 10.9 Å². The van der Waals surface area contributed by atoms with Crippen LogP contribution in [0.5, 0.6) is 0 Å². The maximum absolute atomic E-state index is 6.03. The molecule has 1 aliphatic rings.